The highest BCUT2D eigenvalue weighted by Gasteiger charge is 2.17. The van der Waals surface area contributed by atoms with E-state index in [4.69, 9.17) is 0 Å². The Morgan fingerprint density at radius 2 is 2.19 bits per heavy atom. The number of fused-ring (bicyclic) bond motifs is 1. The maximum absolute atomic E-state index is 4.46. The third-order valence-electron chi connectivity index (χ3n) is 3.04. The van der Waals surface area contributed by atoms with E-state index in [1.165, 1.54) is 25.7 Å². The number of nitrogens with one attached hydrogen (secondary N) is 1. The van der Waals surface area contributed by atoms with Crippen molar-refractivity contribution >= 4 is 27.4 Å². The lowest BCUT2D eigenvalue weighted by Gasteiger charge is -2.13. The summed E-state index contributed by atoms with van der Waals surface area (Å²) in [6.07, 6.45) is 10.8. The lowest BCUT2D eigenvalue weighted by atomic mass is 10.2. The second kappa shape index (κ2) is 4.05. The van der Waals surface area contributed by atoms with Crippen molar-refractivity contribution < 1.29 is 0 Å². The van der Waals surface area contributed by atoms with Gasteiger partial charge in [0.2, 0.25) is 0 Å². The summed E-state index contributed by atoms with van der Waals surface area (Å²) in [7, 11) is 0. The van der Waals surface area contributed by atoms with Crippen molar-refractivity contribution in [3.63, 3.8) is 0 Å². The number of hydrogen-bond acceptors (Lipinski definition) is 3. The van der Waals surface area contributed by atoms with E-state index in [9.17, 15) is 0 Å². The van der Waals surface area contributed by atoms with Crippen LogP contribution in [0.2, 0.25) is 0 Å². The Morgan fingerprint density at radius 3 is 3.00 bits per heavy atom. The molecule has 84 valence electrons. The van der Waals surface area contributed by atoms with Crippen molar-refractivity contribution in [2.45, 2.75) is 31.7 Å². The molecule has 1 aliphatic rings. The first-order valence-electron chi connectivity index (χ1n) is 5.59. The van der Waals surface area contributed by atoms with Gasteiger partial charge in [-0.3, -0.25) is 0 Å². The summed E-state index contributed by atoms with van der Waals surface area (Å²) in [6, 6.07) is 0.558. The van der Waals surface area contributed by atoms with Gasteiger partial charge in [-0.05, 0) is 28.8 Å². The van der Waals surface area contributed by atoms with Gasteiger partial charge < -0.3 is 9.72 Å². The molecule has 2 heterocycles. The Balaban J connectivity index is 1.97. The number of hydrogen-bond donors (Lipinski definition) is 1. The van der Waals surface area contributed by atoms with Gasteiger partial charge in [0.25, 0.3) is 0 Å². The molecule has 5 heteroatoms. The fourth-order valence-electron chi connectivity index (χ4n) is 2.26. The van der Waals surface area contributed by atoms with E-state index < -0.39 is 0 Å². The molecule has 0 aliphatic heterocycles. The van der Waals surface area contributed by atoms with Crippen LogP contribution in [0, 0.1) is 0 Å². The standard InChI is InChI=1S/C11H13BrN4/c12-9-7-16-6-5-13-11(16)10(15-9)14-8-3-1-2-4-8/h5-8H,1-4H2,(H,14,15). The zero-order valence-electron chi connectivity index (χ0n) is 8.86. The van der Waals surface area contributed by atoms with Crippen molar-refractivity contribution in [1.82, 2.24) is 14.4 Å². The number of anilines is 1. The van der Waals surface area contributed by atoms with Gasteiger partial charge in [0.15, 0.2) is 11.5 Å². The predicted molar refractivity (Wildman–Crippen MR) is 66.6 cm³/mol. The fraction of sp³-hybridized carbons (Fsp3) is 0.455. The van der Waals surface area contributed by atoms with Gasteiger partial charge in [0, 0.05) is 24.6 Å². The van der Waals surface area contributed by atoms with E-state index in [-0.39, 0.29) is 0 Å². The summed E-state index contributed by atoms with van der Waals surface area (Å²) in [5.74, 6) is 0.881. The number of nitrogens with zero attached hydrogens (tertiary/aromatic N) is 3. The zero-order valence-corrected chi connectivity index (χ0v) is 10.4. The van der Waals surface area contributed by atoms with Crippen LogP contribution in [0.5, 0.6) is 0 Å². The van der Waals surface area contributed by atoms with Crippen LogP contribution in [0.3, 0.4) is 0 Å². The zero-order chi connectivity index (χ0) is 11.0. The van der Waals surface area contributed by atoms with Gasteiger partial charge in [-0.1, -0.05) is 12.8 Å². The van der Waals surface area contributed by atoms with E-state index in [1.807, 2.05) is 16.8 Å². The highest BCUT2D eigenvalue weighted by atomic mass is 79.9. The van der Waals surface area contributed by atoms with E-state index >= 15 is 0 Å². The van der Waals surface area contributed by atoms with Crippen LogP contribution in [-0.4, -0.2) is 20.4 Å². The van der Waals surface area contributed by atoms with Crippen LogP contribution in [0.4, 0.5) is 5.82 Å². The van der Waals surface area contributed by atoms with Gasteiger partial charge >= 0.3 is 0 Å². The average Bonchev–Trinajstić information content (AvgIpc) is 2.87. The molecule has 0 aromatic carbocycles. The lowest BCUT2D eigenvalue weighted by Crippen LogP contribution is -2.16. The average molecular weight is 281 g/mol. The highest BCUT2D eigenvalue weighted by molar-refractivity contribution is 9.10. The summed E-state index contributed by atoms with van der Waals surface area (Å²) < 4.78 is 2.81. The highest BCUT2D eigenvalue weighted by Crippen LogP contribution is 2.24. The van der Waals surface area contributed by atoms with E-state index in [1.54, 1.807) is 6.20 Å². The normalized spacial score (nSPS) is 17.1. The second-order valence-electron chi connectivity index (χ2n) is 4.20. The molecule has 0 atom stereocenters. The Morgan fingerprint density at radius 1 is 1.38 bits per heavy atom. The smallest absolute Gasteiger partial charge is 0.180 e. The summed E-state index contributed by atoms with van der Waals surface area (Å²) in [5.41, 5.74) is 0.898. The molecule has 0 radical (unpaired) electrons. The summed E-state index contributed by atoms with van der Waals surface area (Å²) in [5, 5.41) is 3.49. The fourth-order valence-corrected chi connectivity index (χ4v) is 2.66. The first kappa shape index (κ1) is 10.1. The molecule has 1 N–H and O–H groups in total. The van der Waals surface area contributed by atoms with Gasteiger partial charge in [0.05, 0.1) is 0 Å². The first-order chi connectivity index (χ1) is 7.83. The van der Waals surface area contributed by atoms with E-state index in [0.717, 1.165) is 16.1 Å². The molecular formula is C11H13BrN4. The monoisotopic (exact) mass is 280 g/mol. The number of halogens is 1. The maximum Gasteiger partial charge on any atom is 0.180 e. The van der Waals surface area contributed by atoms with Crippen LogP contribution >= 0.6 is 15.9 Å². The molecule has 1 saturated carbocycles. The third-order valence-corrected chi connectivity index (χ3v) is 3.42. The molecule has 0 spiro atoms. The number of imidazole rings is 1. The minimum atomic E-state index is 0.558. The Kier molecular flexibility index (Phi) is 2.55. The largest absolute Gasteiger partial charge is 0.364 e. The number of rotatable bonds is 2. The molecule has 2 aromatic rings. The van der Waals surface area contributed by atoms with Gasteiger partial charge in [0.1, 0.15) is 4.60 Å². The quantitative estimate of drug-likeness (QED) is 0.920. The van der Waals surface area contributed by atoms with Crippen molar-refractivity contribution in [2.75, 3.05) is 5.32 Å². The molecule has 0 unspecified atom stereocenters. The van der Waals surface area contributed by atoms with Gasteiger partial charge in [-0.15, -0.1) is 0 Å². The predicted octanol–water partition coefficient (Wildman–Crippen LogP) is 2.85. The summed E-state index contributed by atoms with van der Waals surface area (Å²) in [4.78, 5) is 8.78. The van der Waals surface area contributed by atoms with Crippen molar-refractivity contribution in [2.24, 2.45) is 0 Å². The van der Waals surface area contributed by atoms with Crippen LogP contribution in [0.15, 0.2) is 23.2 Å². The molecule has 1 aliphatic carbocycles. The minimum Gasteiger partial charge on any atom is -0.364 e. The molecule has 16 heavy (non-hydrogen) atoms. The van der Waals surface area contributed by atoms with Crippen molar-refractivity contribution in [3.8, 4) is 0 Å². The van der Waals surface area contributed by atoms with Gasteiger partial charge in [-0.2, -0.15) is 0 Å². The number of aromatic nitrogens is 3. The molecule has 3 rings (SSSR count). The molecule has 0 bridgehead atoms. The van der Waals surface area contributed by atoms with Crippen molar-refractivity contribution in [1.29, 1.82) is 0 Å². The maximum atomic E-state index is 4.46. The Labute approximate surface area is 102 Å². The van der Waals surface area contributed by atoms with Crippen LogP contribution in [0.1, 0.15) is 25.7 Å². The molecule has 0 amide bonds. The van der Waals surface area contributed by atoms with Crippen LogP contribution in [0.25, 0.3) is 5.65 Å². The van der Waals surface area contributed by atoms with Gasteiger partial charge in [-0.25, -0.2) is 9.97 Å². The summed E-state index contributed by atoms with van der Waals surface area (Å²) in [6.45, 7) is 0. The molecule has 1 fully saturated rings. The third kappa shape index (κ3) is 1.80. The minimum absolute atomic E-state index is 0.558. The van der Waals surface area contributed by atoms with E-state index in [0.29, 0.717) is 6.04 Å². The Bertz CT molecular complexity index is 502. The van der Waals surface area contributed by atoms with E-state index in [2.05, 4.69) is 31.2 Å². The molecule has 2 aromatic heterocycles. The molecule has 0 saturated heterocycles. The first-order valence-corrected chi connectivity index (χ1v) is 6.38. The van der Waals surface area contributed by atoms with Crippen LogP contribution < -0.4 is 5.32 Å². The lowest BCUT2D eigenvalue weighted by molar-refractivity contribution is 0.749. The SMILES string of the molecule is Brc1cn2ccnc2c(NC2CCCC2)n1. The topological polar surface area (TPSA) is 42.2 Å². The molecular weight excluding hydrogens is 268 g/mol. The summed E-state index contributed by atoms with van der Waals surface area (Å²) >= 11 is 3.42. The second-order valence-corrected chi connectivity index (χ2v) is 5.01. The molecule has 4 nitrogen and oxygen atoms in total. The van der Waals surface area contributed by atoms with Crippen molar-refractivity contribution in [3.05, 3.63) is 23.2 Å². The Hall–Kier alpha value is -1.10. The van der Waals surface area contributed by atoms with Crippen LogP contribution in [-0.2, 0) is 0 Å².